The average molecular weight is 352 g/mol. The van der Waals surface area contributed by atoms with Crippen LogP contribution in [0.1, 0.15) is 25.0 Å². The number of ether oxygens (including phenoxy) is 2. The van der Waals surface area contributed by atoms with Crippen LogP contribution in [-0.2, 0) is 14.3 Å². The number of esters is 1. The van der Waals surface area contributed by atoms with Crippen molar-refractivity contribution in [1.82, 2.24) is 0 Å². The topological polar surface area (TPSA) is 88.4 Å². The molecule has 0 aromatic heterocycles. The molecule has 2 atom stereocenters. The van der Waals surface area contributed by atoms with Crippen molar-refractivity contribution >= 4 is 17.6 Å². The van der Waals surface area contributed by atoms with Gasteiger partial charge in [-0.15, -0.1) is 0 Å². The average Bonchev–Trinajstić information content (AvgIpc) is 2.62. The first-order valence-electron chi connectivity index (χ1n) is 8.14. The Hall–Kier alpha value is -3.33. The minimum Gasteiger partial charge on any atom is -0.479 e. The first-order chi connectivity index (χ1) is 12.4. The molecule has 0 unspecified atom stereocenters. The fraction of sp³-hybridized carbons (Fsp3) is 0.250. The van der Waals surface area contributed by atoms with E-state index in [4.69, 9.17) is 14.7 Å². The van der Waals surface area contributed by atoms with Gasteiger partial charge in [-0.2, -0.15) is 5.26 Å². The summed E-state index contributed by atoms with van der Waals surface area (Å²) in [6.45, 7) is 4.97. The van der Waals surface area contributed by atoms with Crippen LogP contribution in [0.2, 0.25) is 0 Å². The summed E-state index contributed by atoms with van der Waals surface area (Å²) >= 11 is 0. The van der Waals surface area contributed by atoms with E-state index in [9.17, 15) is 9.59 Å². The normalized spacial score (nSPS) is 12.4. The van der Waals surface area contributed by atoms with E-state index < -0.39 is 24.1 Å². The predicted molar refractivity (Wildman–Crippen MR) is 96.6 cm³/mol. The van der Waals surface area contributed by atoms with Gasteiger partial charge in [-0.1, -0.05) is 12.1 Å². The monoisotopic (exact) mass is 352 g/mol. The fourth-order valence-corrected chi connectivity index (χ4v) is 2.14. The molecule has 0 fully saturated rings. The van der Waals surface area contributed by atoms with E-state index in [1.807, 2.05) is 31.2 Å². The molecule has 0 aliphatic rings. The summed E-state index contributed by atoms with van der Waals surface area (Å²) < 4.78 is 10.7. The quantitative estimate of drug-likeness (QED) is 0.807. The van der Waals surface area contributed by atoms with Gasteiger partial charge in [0.25, 0.3) is 5.91 Å². The van der Waals surface area contributed by atoms with E-state index >= 15 is 0 Å². The molecule has 0 heterocycles. The van der Waals surface area contributed by atoms with Gasteiger partial charge in [-0.3, -0.25) is 4.79 Å². The van der Waals surface area contributed by atoms with Gasteiger partial charge >= 0.3 is 5.97 Å². The lowest BCUT2D eigenvalue weighted by molar-refractivity contribution is -0.159. The Bertz CT molecular complexity index is 824. The van der Waals surface area contributed by atoms with Crippen molar-refractivity contribution in [2.75, 3.05) is 5.32 Å². The molecule has 2 aromatic rings. The third-order valence-corrected chi connectivity index (χ3v) is 3.58. The van der Waals surface area contributed by atoms with Crippen molar-refractivity contribution in [1.29, 1.82) is 5.26 Å². The number of nitriles is 1. The Balaban J connectivity index is 1.88. The second-order valence-electron chi connectivity index (χ2n) is 5.83. The molecule has 0 saturated carbocycles. The Labute approximate surface area is 152 Å². The number of hydrogen-bond donors (Lipinski definition) is 1. The number of carbonyl (C=O) groups is 2. The molecule has 0 bridgehead atoms. The number of carbonyl (C=O) groups excluding carboxylic acids is 2. The zero-order valence-electron chi connectivity index (χ0n) is 14.9. The molecule has 134 valence electrons. The maximum absolute atomic E-state index is 12.1. The SMILES string of the molecule is Cc1cccc(O[C@@H](C)C(=O)O[C@H](C)C(=O)Nc2ccc(C#N)cc2)c1. The number of benzene rings is 2. The third-order valence-electron chi connectivity index (χ3n) is 3.58. The molecule has 1 N–H and O–H groups in total. The lowest BCUT2D eigenvalue weighted by atomic mass is 10.2. The molecule has 6 heteroatoms. The van der Waals surface area contributed by atoms with Crippen molar-refractivity contribution in [2.45, 2.75) is 33.0 Å². The largest absolute Gasteiger partial charge is 0.479 e. The molecule has 0 spiro atoms. The molecule has 2 aromatic carbocycles. The van der Waals surface area contributed by atoms with Gasteiger partial charge in [0.05, 0.1) is 11.6 Å². The zero-order chi connectivity index (χ0) is 19.1. The third kappa shape index (κ3) is 5.35. The van der Waals surface area contributed by atoms with E-state index in [2.05, 4.69) is 5.32 Å². The fourth-order valence-electron chi connectivity index (χ4n) is 2.14. The van der Waals surface area contributed by atoms with Gasteiger partial charge in [0, 0.05) is 5.69 Å². The number of aryl methyl sites for hydroxylation is 1. The molecule has 1 amide bonds. The molecule has 26 heavy (non-hydrogen) atoms. The smallest absolute Gasteiger partial charge is 0.347 e. The highest BCUT2D eigenvalue weighted by Crippen LogP contribution is 2.15. The number of nitrogens with one attached hydrogen (secondary N) is 1. The standard InChI is InChI=1S/C20H20N2O4/c1-13-5-4-6-18(11-13)25-15(3)20(24)26-14(2)19(23)22-17-9-7-16(12-21)8-10-17/h4-11,14-15H,1-3H3,(H,22,23)/t14-,15+/m1/s1. The number of hydrogen-bond acceptors (Lipinski definition) is 5. The van der Waals surface area contributed by atoms with Crippen LogP contribution in [0.15, 0.2) is 48.5 Å². The van der Waals surface area contributed by atoms with Crippen LogP contribution >= 0.6 is 0 Å². The first-order valence-corrected chi connectivity index (χ1v) is 8.14. The second kappa shape index (κ2) is 8.67. The summed E-state index contributed by atoms with van der Waals surface area (Å²) in [5.74, 6) is -0.538. The van der Waals surface area contributed by atoms with Crippen molar-refractivity contribution in [3.8, 4) is 11.8 Å². The van der Waals surface area contributed by atoms with E-state index in [1.54, 1.807) is 37.3 Å². The van der Waals surface area contributed by atoms with Crippen LogP contribution in [0.3, 0.4) is 0 Å². The highest BCUT2D eigenvalue weighted by molar-refractivity contribution is 5.95. The summed E-state index contributed by atoms with van der Waals surface area (Å²) in [5, 5.41) is 11.4. The van der Waals surface area contributed by atoms with Crippen LogP contribution in [-0.4, -0.2) is 24.1 Å². The summed E-state index contributed by atoms with van der Waals surface area (Å²) in [7, 11) is 0. The van der Waals surface area contributed by atoms with Gasteiger partial charge in [0.2, 0.25) is 0 Å². The van der Waals surface area contributed by atoms with Gasteiger partial charge < -0.3 is 14.8 Å². The van der Waals surface area contributed by atoms with Crippen molar-refractivity contribution in [3.63, 3.8) is 0 Å². The minimum atomic E-state index is -0.985. The highest BCUT2D eigenvalue weighted by Gasteiger charge is 2.23. The van der Waals surface area contributed by atoms with E-state index in [0.29, 0.717) is 17.0 Å². The van der Waals surface area contributed by atoms with Gasteiger partial charge in [-0.25, -0.2) is 4.79 Å². The van der Waals surface area contributed by atoms with Crippen molar-refractivity contribution in [2.24, 2.45) is 0 Å². The van der Waals surface area contributed by atoms with Crippen LogP contribution < -0.4 is 10.1 Å². The molecule has 0 aliphatic carbocycles. The number of nitrogens with zero attached hydrogens (tertiary/aromatic N) is 1. The first kappa shape index (κ1) is 19.0. The number of amides is 1. The number of anilines is 1. The second-order valence-corrected chi connectivity index (χ2v) is 5.83. The lowest BCUT2D eigenvalue weighted by Gasteiger charge is -2.18. The molecule has 0 saturated heterocycles. The van der Waals surface area contributed by atoms with Crippen LogP contribution in [0.25, 0.3) is 0 Å². The molecular weight excluding hydrogens is 332 g/mol. The predicted octanol–water partition coefficient (Wildman–Crippen LogP) is 3.20. The lowest BCUT2D eigenvalue weighted by Crippen LogP contribution is -2.35. The Morgan fingerprint density at radius 3 is 2.38 bits per heavy atom. The zero-order valence-corrected chi connectivity index (χ0v) is 14.9. The number of rotatable bonds is 6. The summed E-state index contributed by atoms with van der Waals surface area (Å²) in [6.07, 6.45) is -1.83. The van der Waals surface area contributed by atoms with Crippen LogP contribution in [0.5, 0.6) is 5.75 Å². The Morgan fingerprint density at radius 2 is 1.77 bits per heavy atom. The van der Waals surface area contributed by atoms with Crippen LogP contribution in [0, 0.1) is 18.3 Å². The Morgan fingerprint density at radius 1 is 1.08 bits per heavy atom. The van der Waals surface area contributed by atoms with Crippen molar-refractivity contribution in [3.05, 3.63) is 59.7 Å². The van der Waals surface area contributed by atoms with E-state index in [1.165, 1.54) is 6.92 Å². The van der Waals surface area contributed by atoms with Crippen molar-refractivity contribution < 1.29 is 19.1 Å². The Kier molecular flexibility index (Phi) is 6.34. The summed E-state index contributed by atoms with van der Waals surface area (Å²) in [6, 6.07) is 15.7. The maximum atomic E-state index is 12.1. The highest BCUT2D eigenvalue weighted by atomic mass is 16.6. The molecular formula is C20H20N2O4. The van der Waals surface area contributed by atoms with Gasteiger partial charge in [0.15, 0.2) is 12.2 Å². The van der Waals surface area contributed by atoms with Crippen LogP contribution in [0.4, 0.5) is 5.69 Å². The minimum absolute atomic E-state index is 0.467. The molecule has 0 aliphatic heterocycles. The van der Waals surface area contributed by atoms with E-state index in [-0.39, 0.29) is 0 Å². The molecule has 6 nitrogen and oxygen atoms in total. The molecule has 0 radical (unpaired) electrons. The van der Waals surface area contributed by atoms with Gasteiger partial charge in [-0.05, 0) is 62.7 Å². The van der Waals surface area contributed by atoms with Gasteiger partial charge in [0.1, 0.15) is 5.75 Å². The van der Waals surface area contributed by atoms with E-state index in [0.717, 1.165) is 5.56 Å². The maximum Gasteiger partial charge on any atom is 0.347 e. The summed E-state index contributed by atoms with van der Waals surface area (Å²) in [4.78, 5) is 24.3. The summed E-state index contributed by atoms with van der Waals surface area (Å²) in [5.41, 5.74) is 2.02. The molecule has 2 rings (SSSR count).